The Morgan fingerprint density at radius 2 is 1.72 bits per heavy atom. The highest BCUT2D eigenvalue weighted by Crippen LogP contribution is 2.23. The van der Waals surface area contributed by atoms with Gasteiger partial charge in [0.2, 0.25) is 0 Å². The first kappa shape index (κ1) is 18.0. The van der Waals surface area contributed by atoms with Gasteiger partial charge in [0.25, 0.3) is 10.2 Å². The van der Waals surface area contributed by atoms with Crippen molar-refractivity contribution in [1.82, 2.24) is 8.61 Å². The standard InChI is InChI=1S/C19H23FN2O2S/c1-15-7-8-16(2)18(11-15)14-22-10-4-9-21(25(22,23)24)13-17-5-3-6-19(20)12-17/h3,5-8,11-12H,4,9-10,13-14H2,1-2H3. The van der Waals surface area contributed by atoms with Gasteiger partial charge in [-0.05, 0) is 49.1 Å². The number of nitrogens with zero attached hydrogens (tertiary/aromatic N) is 2. The summed E-state index contributed by atoms with van der Waals surface area (Å²) in [6, 6.07) is 12.2. The summed E-state index contributed by atoms with van der Waals surface area (Å²) in [6.45, 7) is 5.54. The first-order chi connectivity index (χ1) is 11.9. The van der Waals surface area contributed by atoms with Crippen LogP contribution in [0.3, 0.4) is 0 Å². The van der Waals surface area contributed by atoms with Crippen molar-refractivity contribution in [3.8, 4) is 0 Å². The van der Waals surface area contributed by atoms with Crippen LogP contribution in [0.25, 0.3) is 0 Å². The van der Waals surface area contributed by atoms with Crippen molar-refractivity contribution in [2.75, 3.05) is 13.1 Å². The van der Waals surface area contributed by atoms with Gasteiger partial charge in [0.05, 0.1) is 0 Å². The lowest BCUT2D eigenvalue weighted by Gasteiger charge is -2.35. The van der Waals surface area contributed by atoms with Crippen molar-refractivity contribution < 1.29 is 12.8 Å². The van der Waals surface area contributed by atoms with Gasteiger partial charge >= 0.3 is 0 Å². The normalized spacial score (nSPS) is 18.4. The Morgan fingerprint density at radius 3 is 2.44 bits per heavy atom. The molecule has 1 aliphatic heterocycles. The molecule has 2 aromatic rings. The van der Waals surface area contributed by atoms with E-state index in [4.69, 9.17) is 0 Å². The minimum Gasteiger partial charge on any atom is -0.207 e. The first-order valence-corrected chi connectivity index (χ1v) is 9.82. The van der Waals surface area contributed by atoms with Crippen LogP contribution in [-0.4, -0.2) is 30.1 Å². The highest BCUT2D eigenvalue weighted by molar-refractivity contribution is 7.86. The van der Waals surface area contributed by atoms with Crippen molar-refractivity contribution in [2.45, 2.75) is 33.4 Å². The van der Waals surface area contributed by atoms with E-state index in [0.29, 0.717) is 25.2 Å². The monoisotopic (exact) mass is 362 g/mol. The maximum atomic E-state index is 13.4. The molecule has 0 aliphatic carbocycles. The molecular weight excluding hydrogens is 339 g/mol. The van der Waals surface area contributed by atoms with E-state index in [1.165, 1.54) is 20.7 Å². The molecule has 0 aromatic heterocycles. The fraction of sp³-hybridized carbons (Fsp3) is 0.368. The zero-order chi connectivity index (χ0) is 18.0. The smallest absolute Gasteiger partial charge is 0.207 e. The fourth-order valence-corrected chi connectivity index (χ4v) is 4.80. The molecule has 1 fully saturated rings. The second kappa shape index (κ2) is 7.23. The Bertz CT molecular complexity index is 867. The van der Waals surface area contributed by atoms with E-state index in [2.05, 4.69) is 0 Å². The van der Waals surface area contributed by atoms with Gasteiger partial charge in [-0.3, -0.25) is 0 Å². The Balaban J connectivity index is 1.81. The Morgan fingerprint density at radius 1 is 1.00 bits per heavy atom. The molecule has 0 radical (unpaired) electrons. The zero-order valence-electron chi connectivity index (χ0n) is 14.6. The van der Waals surface area contributed by atoms with Gasteiger partial charge in [0, 0.05) is 26.2 Å². The molecule has 0 bridgehead atoms. The third-order valence-corrected chi connectivity index (χ3v) is 6.50. The summed E-state index contributed by atoms with van der Waals surface area (Å²) in [5.74, 6) is -0.348. The summed E-state index contributed by atoms with van der Waals surface area (Å²) in [5.41, 5.74) is 3.89. The molecule has 1 saturated heterocycles. The molecule has 6 heteroatoms. The highest BCUT2D eigenvalue weighted by Gasteiger charge is 2.33. The molecule has 1 heterocycles. The third kappa shape index (κ3) is 4.08. The molecule has 25 heavy (non-hydrogen) atoms. The van der Waals surface area contributed by atoms with Gasteiger partial charge < -0.3 is 0 Å². The largest absolute Gasteiger partial charge is 0.282 e. The van der Waals surface area contributed by atoms with E-state index in [1.807, 2.05) is 32.0 Å². The van der Waals surface area contributed by atoms with Gasteiger partial charge in [-0.15, -0.1) is 0 Å². The van der Waals surface area contributed by atoms with Crippen LogP contribution in [0.4, 0.5) is 4.39 Å². The van der Waals surface area contributed by atoms with E-state index in [0.717, 1.165) is 23.1 Å². The minimum absolute atomic E-state index is 0.198. The lowest BCUT2D eigenvalue weighted by atomic mass is 10.1. The maximum Gasteiger partial charge on any atom is 0.282 e. The molecule has 1 aliphatic rings. The lowest BCUT2D eigenvalue weighted by molar-refractivity contribution is 0.275. The molecule has 0 spiro atoms. The van der Waals surface area contributed by atoms with Crippen LogP contribution in [0.1, 0.15) is 28.7 Å². The molecule has 2 aromatic carbocycles. The molecular formula is C19H23FN2O2S. The second-order valence-corrected chi connectivity index (χ2v) is 8.52. The molecule has 4 nitrogen and oxygen atoms in total. The molecule has 134 valence electrons. The number of hydrogen-bond acceptors (Lipinski definition) is 2. The number of halogens is 1. The number of hydrogen-bond donors (Lipinski definition) is 0. The van der Waals surface area contributed by atoms with E-state index in [-0.39, 0.29) is 12.4 Å². The maximum absolute atomic E-state index is 13.4. The molecule has 3 rings (SSSR count). The van der Waals surface area contributed by atoms with Crippen molar-refractivity contribution in [3.63, 3.8) is 0 Å². The first-order valence-electron chi connectivity index (χ1n) is 8.42. The van der Waals surface area contributed by atoms with E-state index in [1.54, 1.807) is 12.1 Å². The quantitative estimate of drug-likeness (QED) is 0.836. The van der Waals surface area contributed by atoms with Gasteiger partial charge in [-0.1, -0.05) is 35.9 Å². The number of benzene rings is 2. The molecule has 0 saturated carbocycles. The van der Waals surface area contributed by atoms with Crippen molar-refractivity contribution in [3.05, 3.63) is 70.5 Å². The van der Waals surface area contributed by atoms with E-state index in [9.17, 15) is 12.8 Å². The predicted octanol–water partition coefficient (Wildman–Crippen LogP) is 3.40. The Kier molecular flexibility index (Phi) is 5.22. The van der Waals surface area contributed by atoms with Crippen LogP contribution in [0.2, 0.25) is 0 Å². The number of rotatable bonds is 4. The minimum atomic E-state index is -3.56. The molecule has 0 N–H and O–H groups in total. The van der Waals surface area contributed by atoms with E-state index >= 15 is 0 Å². The van der Waals surface area contributed by atoms with Crippen LogP contribution in [0, 0.1) is 19.7 Å². The zero-order valence-corrected chi connectivity index (χ0v) is 15.4. The molecule has 0 atom stereocenters. The van der Waals surface area contributed by atoms with Gasteiger partial charge in [0.1, 0.15) is 5.82 Å². The predicted molar refractivity (Wildman–Crippen MR) is 96.7 cm³/mol. The summed E-state index contributed by atoms with van der Waals surface area (Å²) in [6.07, 6.45) is 0.763. The van der Waals surface area contributed by atoms with Crippen molar-refractivity contribution in [1.29, 1.82) is 0 Å². The summed E-state index contributed by atoms with van der Waals surface area (Å²) in [4.78, 5) is 0. The average molecular weight is 362 g/mol. The summed E-state index contributed by atoms with van der Waals surface area (Å²) in [7, 11) is -3.56. The van der Waals surface area contributed by atoms with Gasteiger partial charge in [-0.25, -0.2) is 4.39 Å². The SMILES string of the molecule is Cc1ccc(C)c(CN2CCCN(Cc3cccc(F)c3)S2(=O)=O)c1. The van der Waals surface area contributed by atoms with Gasteiger partial charge in [-0.2, -0.15) is 17.0 Å². The lowest BCUT2D eigenvalue weighted by Crippen LogP contribution is -2.48. The summed E-state index contributed by atoms with van der Waals surface area (Å²) < 4.78 is 42.3. The van der Waals surface area contributed by atoms with Crippen LogP contribution in [0.15, 0.2) is 42.5 Å². The average Bonchev–Trinajstić information content (AvgIpc) is 2.55. The second-order valence-electron chi connectivity index (χ2n) is 6.59. The molecule has 0 amide bonds. The summed E-state index contributed by atoms with van der Waals surface area (Å²) >= 11 is 0. The Labute approximate surface area is 149 Å². The van der Waals surface area contributed by atoms with Crippen LogP contribution >= 0.6 is 0 Å². The molecule has 0 unspecified atom stereocenters. The van der Waals surface area contributed by atoms with Crippen LogP contribution in [0.5, 0.6) is 0 Å². The van der Waals surface area contributed by atoms with Crippen LogP contribution < -0.4 is 0 Å². The fourth-order valence-electron chi connectivity index (χ4n) is 3.14. The van der Waals surface area contributed by atoms with Crippen LogP contribution in [-0.2, 0) is 23.3 Å². The third-order valence-electron chi connectivity index (χ3n) is 4.57. The van der Waals surface area contributed by atoms with Crippen molar-refractivity contribution >= 4 is 10.2 Å². The van der Waals surface area contributed by atoms with E-state index < -0.39 is 10.2 Å². The highest BCUT2D eigenvalue weighted by atomic mass is 32.2. The topological polar surface area (TPSA) is 40.6 Å². The Hall–Kier alpha value is -1.76. The number of aryl methyl sites for hydroxylation is 2. The van der Waals surface area contributed by atoms with Crippen molar-refractivity contribution in [2.24, 2.45) is 0 Å². The van der Waals surface area contributed by atoms with Gasteiger partial charge in [0.15, 0.2) is 0 Å². The summed E-state index contributed by atoms with van der Waals surface area (Å²) in [5, 5.41) is 0.